The first-order valence-corrected chi connectivity index (χ1v) is 8.77. The minimum atomic E-state index is -0.507. The van der Waals surface area contributed by atoms with Gasteiger partial charge in [0.1, 0.15) is 0 Å². The molecule has 1 heterocycles. The third kappa shape index (κ3) is 4.83. The van der Waals surface area contributed by atoms with Gasteiger partial charge >= 0.3 is 6.09 Å². The van der Waals surface area contributed by atoms with Crippen LogP contribution >= 0.6 is 11.3 Å². The third-order valence-electron chi connectivity index (χ3n) is 3.47. The van der Waals surface area contributed by atoms with E-state index < -0.39 is 6.09 Å². The van der Waals surface area contributed by atoms with Crippen LogP contribution in [0.4, 0.5) is 10.5 Å². The molecular weight excluding hydrogens is 324 g/mol. The SMILES string of the molecule is CCOC(=O)Nc1ccc(C(=O)N[C@@H](c2cccs2)C(C)C)cc1. The molecule has 0 bridgehead atoms. The fraction of sp³-hybridized carbons (Fsp3) is 0.333. The van der Waals surface area contributed by atoms with E-state index in [9.17, 15) is 9.59 Å². The summed E-state index contributed by atoms with van der Waals surface area (Å²) in [5.74, 6) is 0.155. The molecule has 24 heavy (non-hydrogen) atoms. The summed E-state index contributed by atoms with van der Waals surface area (Å²) in [4.78, 5) is 25.0. The molecule has 0 aliphatic heterocycles. The maximum absolute atomic E-state index is 12.5. The Labute approximate surface area is 146 Å². The molecule has 2 aromatic rings. The Hall–Kier alpha value is -2.34. The second-order valence-electron chi connectivity index (χ2n) is 5.63. The maximum Gasteiger partial charge on any atom is 0.411 e. The average molecular weight is 346 g/mol. The van der Waals surface area contributed by atoms with E-state index in [-0.39, 0.29) is 17.9 Å². The van der Waals surface area contributed by atoms with Crippen molar-refractivity contribution in [2.45, 2.75) is 26.8 Å². The van der Waals surface area contributed by atoms with Crippen LogP contribution in [0.1, 0.15) is 42.0 Å². The number of carbonyl (C=O) groups is 2. The Kier molecular flexibility index (Phi) is 6.37. The number of benzene rings is 1. The molecule has 0 radical (unpaired) electrons. The number of amides is 2. The van der Waals surface area contributed by atoms with Gasteiger partial charge in [-0.25, -0.2) is 4.79 Å². The molecule has 6 heteroatoms. The average Bonchev–Trinajstić information content (AvgIpc) is 3.07. The van der Waals surface area contributed by atoms with Gasteiger partial charge in [-0.05, 0) is 48.6 Å². The molecule has 2 N–H and O–H groups in total. The second-order valence-corrected chi connectivity index (χ2v) is 6.61. The van der Waals surface area contributed by atoms with Gasteiger partial charge in [0.15, 0.2) is 0 Å². The lowest BCUT2D eigenvalue weighted by Crippen LogP contribution is -2.31. The number of rotatable bonds is 6. The van der Waals surface area contributed by atoms with E-state index >= 15 is 0 Å². The summed E-state index contributed by atoms with van der Waals surface area (Å²) in [6.45, 7) is 6.21. The summed E-state index contributed by atoms with van der Waals surface area (Å²) < 4.78 is 4.82. The summed E-state index contributed by atoms with van der Waals surface area (Å²) in [6.07, 6.45) is -0.507. The zero-order chi connectivity index (χ0) is 17.5. The topological polar surface area (TPSA) is 67.4 Å². The highest BCUT2D eigenvalue weighted by Crippen LogP contribution is 2.26. The zero-order valence-corrected chi connectivity index (χ0v) is 14.9. The summed E-state index contributed by atoms with van der Waals surface area (Å²) in [5.41, 5.74) is 1.13. The summed E-state index contributed by atoms with van der Waals surface area (Å²) in [5, 5.41) is 7.68. The van der Waals surface area contributed by atoms with Gasteiger partial charge in [0.05, 0.1) is 12.6 Å². The van der Waals surface area contributed by atoms with Crippen molar-refractivity contribution in [2.75, 3.05) is 11.9 Å². The maximum atomic E-state index is 12.5. The van der Waals surface area contributed by atoms with Crippen molar-refractivity contribution in [1.82, 2.24) is 5.32 Å². The van der Waals surface area contributed by atoms with Crippen LogP contribution in [0.15, 0.2) is 41.8 Å². The molecule has 1 aromatic carbocycles. The molecule has 0 saturated heterocycles. The Morgan fingerprint density at radius 1 is 1.17 bits per heavy atom. The van der Waals surface area contributed by atoms with Crippen LogP contribution in [0.5, 0.6) is 0 Å². The van der Waals surface area contributed by atoms with E-state index in [1.807, 2.05) is 17.5 Å². The molecule has 0 spiro atoms. The standard InChI is InChI=1S/C18H22N2O3S/c1-4-23-18(22)19-14-9-7-13(8-10-14)17(21)20-16(12(2)3)15-6-5-11-24-15/h5-12,16H,4H2,1-3H3,(H,19,22)(H,20,21)/t16-/m1/s1. The van der Waals surface area contributed by atoms with E-state index in [1.165, 1.54) is 0 Å². The molecule has 5 nitrogen and oxygen atoms in total. The van der Waals surface area contributed by atoms with Crippen LogP contribution in [0.25, 0.3) is 0 Å². The first kappa shape index (κ1) is 18.0. The summed E-state index contributed by atoms with van der Waals surface area (Å²) in [6, 6.07) is 10.7. The van der Waals surface area contributed by atoms with Gasteiger partial charge in [-0.3, -0.25) is 10.1 Å². The summed E-state index contributed by atoms with van der Waals surface area (Å²) >= 11 is 1.63. The Bertz CT molecular complexity index is 666. The van der Waals surface area contributed by atoms with Crippen molar-refractivity contribution in [3.8, 4) is 0 Å². The van der Waals surface area contributed by atoms with E-state index in [2.05, 4.69) is 24.5 Å². The zero-order valence-electron chi connectivity index (χ0n) is 14.0. The highest BCUT2D eigenvalue weighted by atomic mass is 32.1. The lowest BCUT2D eigenvalue weighted by atomic mass is 10.0. The fourth-order valence-electron chi connectivity index (χ4n) is 2.25. The van der Waals surface area contributed by atoms with Crippen LogP contribution < -0.4 is 10.6 Å². The Morgan fingerprint density at radius 3 is 2.42 bits per heavy atom. The van der Waals surface area contributed by atoms with Gasteiger partial charge in [0, 0.05) is 16.1 Å². The molecule has 0 aliphatic rings. The lowest BCUT2D eigenvalue weighted by molar-refractivity contribution is 0.0926. The van der Waals surface area contributed by atoms with Crippen molar-refractivity contribution in [2.24, 2.45) is 5.92 Å². The Morgan fingerprint density at radius 2 is 1.88 bits per heavy atom. The molecule has 128 valence electrons. The van der Waals surface area contributed by atoms with Crippen LogP contribution in [-0.4, -0.2) is 18.6 Å². The van der Waals surface area contributed by atoms with Gasteiger partial charge in [0.2, 0.25) is 0 Å². The predicted molar refractivity (Wildman–Crippen MR) is 96.5 cm³/mol. The second kappa shape index (κ2) is 8.49. The minimum Gasteiger partial charge on any atom is -0.450 e. The monoisotopic (exact) mass is 346 g/mol. The van der Waals surface area contributed by atoms with E-state index in [4.69, 9.17) is 4.74 Å². The molecule has 1 atom stereocenters. The van der Waals surface area contributed by atoms with Gasteiger partial charge in [-0.2, -0.15) is 0 Å². The number of hydrogen-bond donors (Lipinski definition) is 2. The van der Waals surface area contributed by atoms with Crippen LogP contribution in [0.3, 0.4) is 0 Å². The lowest BCUT2D eigenvalue weighted by Gasteiger charge is -2.21. The van der Waals surface area contributed by atoms with E-state index in [1.54, 1.807) is 42.5 Å². The molecule has 0 saturated carbocycles. The smallest absolute Gasteiger partial charge is 0.411 e. The van der Waals surface area contributed by atoms with Crippen LogP contribution in [-0.2, 0) is 4.74 Å². The quantitative estimate of drug-likeness (QED) is 0.812. The highest BCUT2D eigenvalue weighted by molar-refractivity contribution is 7.10. The van der Waals surface area contributed by atoms with Crippen molar-refractivity contribution < 1.29 is 14.3 Å². The van der Waals surface area contributed by atoms with Gasteiger partial charge in [0.25, 0.3) is 5.91 Å². The van der Waals surface area contributed by atoms with Crippen molar-refractivity contribution in [1.29, 1.82) is 0 Å². The predicted octanol–water partition coefficient (Wildman–Crippen LogP) is 4.44. The molecule has 0 fully saturated rings. The largest absolute Gasteiger partial charge is 0.450 e. The van der Waals surface area contributed by atoms with Crippen molar-refractivity contribution >= 4 is 29.0 Å². The van der Waals surface area contributed by atoms with Gasteiger partial charge in [-0.1, -0.05) is 19.9 Å². The van der Waals surface area contributed by atoms with Crippen molar-refractivity contribution in [3.63, 3.8) is 0 Å². The normalized spacial score (nSPS) is 11.8. The molecule has 2 amide bonds. The first-order chi connectivity index (χ1) is 11.5. The molecule has 2 rings (SSSR count). The molecule has 1 aromatic heterocycles. The number of nitrogens with one attached hydrogen (secondary N) is 2. The third-order valence-corrected chi connectivity index (χ3v) is 4.43. The number of anilines is 1. The summed E-state index contributed by atoms with van der Waals surface area (Å²) in [7, 11) is 0. The van der Waals surface area contributed by atoms with Gasteiger partial charge < -0.3 is 10.1 Å². The minimum absolute atomic E-state index is 0.0187. The molecule has 0 aliphatic carbocycles. The number of ether oxygens (including phenoxy) is 1. The van der Waals surface area contributed by atoms with Crippen LogP contribution in [0, 0.1) is 5.92 Å². The molecule has 0 unspecified atom stereocenters. The highest BCUT2D eigenvalue weighted by Gasteiger charge is 2.20. The van der Waals surface area contributed by atoms with E-state index in [0.717, 1.165) is 4.88 Å². The Balaban J connectivity index is 2.02. The van der Waals surface area contributed by atoms with Crippen molar-refractivity contribution in [3.05, 3.63) is 52.2 Å². The number of thiophene rings is 1. The van der Waals surface area contributed by atoms with E-state index in [0.29, 0.717) is 17.9 Å². The van der Waals surface area contributed by atoms with Gasteiger partial charge in [-0.15, -0.1) is 11.3 Å². The number of carbonyl (C=O) groups excluding carboxylic acids is 2. The number of hydrogen-bond acceptors (Lipinski definition) is 4. The molecular formula is C18H22N2O3S. The van der Waals surface area contributed by atoms with Crippen LogP contribution in [0.2, 0.25) is 0 Å². The fourth-order valence-corrected chi connectivity index (χ4v) is 3.20. The first-order valence-electron chi connectivity index (χ1n) is 7.89.